The summed E-state index contributed by atoms with van der Waals surface area (Å²) in [5.74, 6) is 1.96. The number of ether oxygens (including phenoxy) is 1. The highest BCUT2D eigenvalue weighted by molar-refractivity contribution is 14.0. The van der Waals surface area contributed by atoms with Crippen molar-refractivity contribution in [2.45, 2.75) is 20.1 Å². The van der Waals surface area contributed by atoms with E-state index in [0.717, 1.165) is 50.1 Å². The topological polar surface area (TPSA) is 53.0 Å². The van der Waals surface area contributed by atoms with Crippen molar-refractivity contribution < 1.29 is 13.5 Å². The van der Waals surface area contributed by atoms with Crippen molar-refractivity contribution in [3.63, 3.8) is 0 Å². The Labute approximate surface area is 187 Å². The van der Waals surface area contributed by atoms with Crippen LogP contribution in [0.3, 0.4) is 0 Å². The maximum Gasteiger partial charge on any atom is 0.387 e. The van der Waals surface area contributed by atoms with Gasteiger partial charge in [-0.1, -0.05) is 18.2 Å². The number of hydrogen-bond acceptors (Lipinski definition) is 4. The Balaban J connectivity index is 0.00000300. The van der Waals surface area contributed by atoms with Gasteiger partial charge in [0.05, 0.1) is 6.54 Å². The second-order valence-electron chi connectivity index (χ2n) is 6.36. The van der Waals surface area contributed by atoms with Gasteiger partial charge in [0.15, 0.2) is 5.96 Å². The monoisotopic (exact) mass is 517 g/mol. The van der Waals surface area contributed by atoms with Gasteiger partial charge in [0, 0.05) is 38.9 Å². The molecule has 6 nitrogen and oxygen atoms in total. The average Bonchev–Trinajstić information content (AvgIpc) is 2.72. The standard InChI is InChI=1S/C20H25F2N5O.HI/c1-2-23-20(25-15-16-6-5-7-17(14-16)28-19(21)22)27-12-10-26(11-13-27)18-8-3-4-9-24-18;/h3-9,14,19H,2,10-13,15H2,1H3,(H,23,25);1H. The summed E-state index contributed by atoms with van der Waals surface area (Å²) < 4.78 is 29.2. The van der Waals surface area contributed by atoms with Crippen LogP contribution in [0.4, 0.5) is 14.6 Å². The summed E-state index contributed by atoms with van der Waals surface area (Å²) in [6, 6.07) is 12.6. The summed E-state index contributed by atoms with van der Waals surface area (Å²) in [7, 11) is 0. The van der Waals surface area contributed by atoms with Crippen LogP contribution in [-0.4, -0.2) is 55.2 Å². The van der Waals surface area contributed by atoms with Gasteiger partial charge in [-0.25, -0.2) is 9.98 Å². The molecule has 1 aromatic heterocycles. The van der Waals surface area contributed by atoms with E-state index in [1.165, 1.54) is 6.07 Å². The molecule has 1 aromatic carbocycles. The lowest BCUT2D eigenvalue weighted by atomic mass is 10.2. The predicted octanol–water partition coefficient (Wildman–Crippen LogP) is 3.59. The van der Waals surface area contributed by atoms with Crippen LogP contribution in [0.15, 0.2) is 53.7 Å². The zero-order chi connectivity index (χ0) is 19.8. The van der Waals surface area contributed by atoms with Gasteiger partial charge in [0.2, 0.25) is 0 Å². The fourth-order valence-corrected chi connectivity index (χ4v) is 3.10. The number of aliphatic imine (C=N–C) groups is 1. The molecule has 3 rings (SSSR count). The number of aromatic nitrogens is 1. The quantitative estimate of drug-likeness (QED) is 0.361. The number of benzene rings is 1. The highest BCUT2D eigenvalue weighted by Crippen LogP contribution is 2.17. The summed E-state index contributed by atoms with van der Waals surface area (Å²) >= 11 is 0. The summed E-state index contributed by atoms with van der Waals surface area (Å²) in [5, 5.41) is 3.31. The van der Waals surface area contributed by atoms with Gasteiger partial charge >= 0.3 is 6.61 Å². The third-order valence-electron chi connectivity index (χ3n) is 4.42. The molecule has 1 aliphatic heterocycles. The Hall–Kier alpha value is -2.17. The molecule has 29 heavy (non-hydrogen) atoms. The number of nitrogens with one attached hydrogen (secondary N) is 1. The van der Waals surface area contributed by atoms with E-state index in [0.29, 0.717) is 6.54 Å². The molecule has 0 unspecified atom stereocenters. The van der Waals surface area contributed by atoms with Crippen LogP contribution in [-0.2, 0) is 6.54 Å². The van der Waals surface area contributed by atoms with Gasteiger partial charge in [-0.2, -0.15) is 8.78 Å². The van der Waals surface area contributed by atoms with E-state index in [4.69, 9.17) is 0 Å². The molecular formula is C20H26F2IN5O. The van der Waals surface area contributed by atoms with Gasteiger partial charge in [-0.15, -0.1) is 24.0 Å². The second-order valence-corrected chi connectivity index (χ2v) is 6.36. The molecule has 1 N–H and O–H groups in total. The van der Waals surface area contributed by atoms with E-state index in [-0.39, 0.29) is 29.7 Å². The lowest BCUT2D eigenvalue weighted by Crippen LogP contribution is -2.52. The smallest absolute Gasteiger partial charge is 0.387 e. The predicted molar refractivity (Wildman–Crippen MR) is 121 cm³/mol. The number of alkyl halides is 2. The molecule has 0 spiro atoms. The molecule has 1 aliphatic rings. The molecule has 0 aliphatic carbocycles. The van der Waals surface area contributed by atoms with Crippen LogP contribution in [0, 0.1) is 0 Å². The molecule has 0 amide bonds. The molecule has 0 atom stereocenters. The second kappa shape index (κ2) is 11.7. The zero-order valence-corrected chi connectivity index (χ0v) is 18.6. The molecule has 0 bridgehead atoms. The van der Waals surface area contributed by atoms with E-state index in [9.17, 15) is 8.78 Å². The lowest BCUT2D eigenvalue weighted by Gasteiger charge is -2.37. The van der Waals surface area contributed by atoms with Crippen molar-refractivity contribution in [3.8, 4) is 5.75 Å². The van der Waals surface area contributed by atoms with Gasteiger partial charge in [0.25, 0.3) is 0 Å². The first-order valence-electron chi connectivity index (χ1n) is 9.38. The number of nitrogens with zero attached hydrogens (tertiary/aromatic N) is 4. The van der Waals surface area contributed by atoms with E-state index < -0.39 is 6.61 Å². The van der Waals surface area contributed by atoms with Crippen molar-refractivity contribution in [1.82, 2.24) is 15.2 Å². The van der Waals surface area contributed by atoms with E-state index in [1.807, 2.05) is 31.2 Å². The maximum atomic E-state index is 12.4. The van der Waals surface area contributed by atoms with Crippen LogP contribution in [0.2, 0.25) is 0 Å². The first-order valence-corrected chi connectivity index (χ1v) is 9.38. The first kappa shape index (κ1) is 23.1. The third kappa shape index (κ3) is 6.98. The van der Waals surface area contributed by atoms with Crippen molar-refractivity contribution >= 4 is 35.8 Å². The molecule has 2 heterocycles. The van der Waals surface area contributed by atoms with Gasteiger partial charge in [0.1, 0.15) is 11.6 Å². The zero-order valence-electron chi connectivity index (χ0n) is 16.3. The van der Waals surface area contributed by atoms with Gasteiger partial charge in [-0.3, -0.25) is 0 Å². The normalized spacial score (nSPS) is 14.6. The van der Waals surface area contributed by atoms with Crippen LogP contribution in [0.1, 0.15) is 12.5 Å². The summed E-state index contributed by atoms with van der Waals surface area (Å²) in [6.07, 6.45) is 1.80. The number of guanidine groups is 1. The summed E-state index contributed by atoms with van der Waals surface area (Å²) in [6.45, 7) is 3.73. The molecule has 0 radical (unpaired) electrons. The van der Waals surface area contributed by atoms with Crippen molar-refractivity contribution in [1.29, 1.82) is 0 Å². The molecule has 1 saturated heterocycles. The fraction of sp³-hybridized carbons (Fsp3) is 0.400. The number of piperazine rings is 1. The third-order valence-corrected chi connectivity index (χ3v) is 4.42. The van der Waals surface area contributed by atoms with E-state index in [2.05, 4.69) is 29.8 Å². The maximum absolute atomic E-state index is 12.4. The molecule has 2 aromatic rings. The minimum atomic E-state index is -2.83. The minimum absolute atomic E-state index is 0. The molecule has 0 saturated carbocycles. The largest absolute Gasteiger partial charge is 0.435 e. The molecular weight excluding hydrogens is 491 g/mol. The number of anilines is 1. The molecule has 158 valence electrons. The lowest BCUT2D eigenvalue weighted by molar-refractivity contribution is -0.0498. The van der Waals surface area contributed by atoms with Crippen LogP contribution in [0.5, 0.6) is 5.75 Å². The van der Waals surface area contributed by atoms with Crippen LogP contribution >= 0.6 is 24.0 Å². The summed E-state index contributed by atoms with van der Waals surface area (Å²) in [4.78, 5) is 13.6. The fourth-order valence-electron chi connectivity index (χ4n) is 3.10. The van der Waals surface area contributed by atoms with E-state index >= 15 is 0 Å². The first-order chi connectivity index (χ1) is 13.7. The molecule has 9 heteroatoms. The minimum Gasteiger partial charge on any atom is -0.435 e. The van der Waals surface area contributed by atoms with Gasteiger partial charge < -0.3 is 19.9 Å². The molecule has 1 fully saturated rings. The van der Waals surface area contributed by atoms with Crippen molar-refractivity contribution in [2.75, 3.05) is 37.6 Å². The Bertz CT molecular complexity index is 770. The number of halogens is 3. The highest BCUT2D eigenvalue weighted by Gasteiger charge is 2.20. The SMILES string of the molecule is CCNC(=NCc1cccc(OC(F)F)c1)N1CCN(c2ccccn2)CC1.I. The number of pyridine rings is 1. The summed E-state index contributed by atoms with van der Waals surface area (Å²) in [5.41, 5.74) is 0.820. The van der Waals surface area contributed by atoms with Crippen molar-refractivity contribution in [3.05, 3.63) is 54.2 Å². The Morgan fingerprint density at radius 3 is 2.62 bits per heavy atom. The van der Waals surface area contributed by atoms with Gasteiger partial charge in [-0.05, 0) is 36.8 Å². The Morgan fingerprint density at radius 2 is 1.97 bits per heavy atom. The van der Waals surface area contributed by atoms with E-state index in [1.54, 1.807) is 18.3 Å². The van der Waals surface area contributed by atoms with Crippen LogP contribution < -0.4 is 15.0 Å². The Kier molecular flexibility index (Phi) is 9.36. The highest BCUT2D eigenvalue weighted by atomic mass is 127. The van der Waals surface area contributed by atoms with Crippen molar-refractivity contribution in [2.24, 2.45) is 4.99 Å². The average molecular weight is 517 g/mol. The number of hydrogen-bond donors (Lipinski definition) is 1. The van der Waals surface area contributed by atoms with Crippen LogP contribution in [0.25, 0.3) is 0 Å². The Morgan fingerprint density at radius 1 is 1.17 bits per heavy atom. The number of rotatable bonds is 6.